The standard InChI is InChI=1S/C27H31N5O4/c1-18-12-20-13-21(4-5-23(20)30-18)36-27-22-14-25(34-3)26(15-24(22)28-17-29-27)35-11-10-31-6-8-32(9-7-31)16-19(2)33/h4-5,12,14-15,17H,6-11,13,16H2,1-3H3. The molecule has 5 rings (SSSR count). The van der Waals surface area contributed by atoms with Crippen LogP contribution < -0.4 is 14.2 Å². The molecule has 0 amide bonds. The zero-order valence-corrected chi connectivity index (χ0v) is 21.0. The number of nitrogens with zero attached hydrogens (tertiary/aromatic N) is 5. The number of methoxy groups -OCH3 is 1. The van der Waals surface area contributed by atoms with Crippen LogP contribution in [0.25, 0.3) is 10.9 Å². The largest absolute Gasteiger partial charge is 0.493 e. The first-order valence-electron chi connectivity index (χ1n) is 12.2. The van der Waals surface area contributed by atoms with Gasteiger partial charge in [0.1, 0.15) is 24.5 Å². The van der Waals surface area contributed by atoms with Crippen LogP contribution in [0.1, 0.15) is 20.3 Å². The Balaban J connectivity index is 1.24. The summed E-state index contributed by atoms with van der Waals surface area (Å²) in [6.07, 6.45) is 8.16. The van der Waals surface area contributed by atoms with Crippen molar-refractivity contribution in [1.29, 1.82) is 0 Å². The Bertz CT molecular complexity index is 1290. The van der Waals surface area contributed by atoms with Gasteiger partial charge in [-0.3, -0.25) is 19.6 Å². The van der Waals surface area contributed by atoms with Crippen molar-refractivity contribution in [3.63, 3.8) is 0 Å². The molecule has 0 radical (unpaired) electrons. The van der Waals surface area contributed by atoms with E-state index in [-0.39, 0.29) is 5.78 Å². The Morgan fingerprint density at radius 2 is 1.86 bits per heavy atom. The fraction of sp³-hybridized carbons (Fsp3) is 0.407. The van der Waals surface area contributed by atoms with Crippen molar-refractivity contribution in [3.8, 4) is 17.4 Å². The van der Waals surface area contributed by atoms with Gasteiger partial charge in [-0.2, -0.15) is 0 Å². The third-order valence-corrected chi connectivity index (χ3v) is 6.49. The van der Waals surface area contributed by atoms with Gasteiger partial charge >= 0.3 is 0 Å². The lowest BCUT2D eigenvalue weighted by Gasteiger charge is -2.34. The number of aromatic nitrogens is 2. The van der Waals surface area contributed by atoms with E-state index in [1.807, 2.05) is 31.2 Å². The minimum Gasteiger partial charge on any atom is -0.493 e. The molecule has 2 aromatic rings. The number of benzene rings is 1. The van der Waals surface area contributed by atoms with Crippen molar-refractivity contribution in [2.75, 3.05) is 53.0 Å². The molecule has 1 aromatic heterocycles. The Labute approximate surface area is 210 Å². The van der Waals surface area contributed by atoms with Gasteiger partial charge < -0.3 is 14.2 Å². The van der Waals surface area contributed by atoms with E-state index in [0.717, 1.165) is 66.4 Å². The molecule has 188 valence electrons. The van der Waals surface area contributed by atoms with E-state index >= 15 is 0 Å². The molecule has 3 heterocycles. The summed E-state index contributed by atoms with van der Waals surface area (Å²) in [6, 6.07) is 3.74. The lowest BCUT2D eigenvalue weighted by molar-refractivity contribution is -0.118. The molecule has 1 aliphatic carbocycles. The molecule has 0 saturated carbocycles. The number of hydrogen-bond donors (Lipinski definition) is 0. The molecule has 36 heavy (non-hydrogen) atoms. The van der Waals surface area contributed by atoms with Crippen LogP contribution >= 0.6 is 0 Å². The fourth-order valence-electron chi connectivity index (χ4n) is 4.68. The molecule has 2 aliphatic heterocycles. The summed E-state index contributed by atoms with van der Waals surface area (Å²) >= 11 is 0. The second kappa shape index (κ2) is 10.6. The number of ketones is 1. The molecule has 0 spiro atoms. The number of rotatable bonds is 9. The van der Waals surface area contributed by atoms with Gasteiger partial charge in [0.15, 0.2) is 11.5 Å². The third kappa shape index (κ3) is 5.47. The predicted octanol–water partition coefficient (Wildman–Crippen LogP) is 3.18. The summed E-state index contributed by atoms with van der Waals surface area (Å²) in [4.78, 5) is 29.2. The number of carbonyl (C=O) groups excluding carboxylic acids is 1. The summed E-state index contributed by atoms with van der Waals surface area (Å²) in [7, 11) is 1.62. The molecule has 1 saturated heterocycles. The zero-order valence-electron chi connectivity index (χ0n) is 21.0. The van der Waals surface area contributed by atoms with Crippen molar-refractivity contribution in [3.05, 3.63) is 53.7 Å². The Kier molecular flexibility index (Phi) is 7.11. The van der Waals surface area contributed by atoms with Crippen LogP contribution in [0.3, 0.4) is 0 Å². The lowest BCUT2D eigenvalue weighted by atomic mass is 10.0. The molecule has 0 bridgehead atoms. The molecule has 9 nitrogen and oxygen atoms in total. The average molecular weight is 490 g/mol. The molecule has 1 fully saturated rings. The molecule has 9 heteroatoms. The van der Waals surface area contributed by atoms with E-state index in [2.05, 4.69) is 30.8 Å². The number of carbonyl (C=O) groups is 1. The molecule has 1 aromatic carbocycles. The summed E-state index contributed by atoms with van der Waals surface area (Å²) in [5.74, 6) is 2.74. The van der Waals surface area contributed by atoms with E-state index in [0.29, 0.717) is 37.0 Å². The maximum Gasteiger partial charge on any atom is 0.229 e. The summed E-state index contributed by atoms with van der Waals surface area (Å²) < 4.78 is 17.9. The Morgan fingerprint density at radius 1 is 1.06 bits per heavy atom. The van der Waals surface area contributed by atoms with E-state index in [9.17, 15) is 4.79 Å². The van der Waals surface area contributed by atoms with Gasteiger partial charge in [-0.05, 0) is 43.7 Å². The van der Waals surface area contributed by atoms with Crippen LogP contribution in [-0.2, 0) is 4.79 Å². The molecule has 3 aliphatic rings. The monoisotopic (exact) mass is 489 g/mol. The second-order valence-electron chi connectivity index (χ2n) is 9.25. The zero-order chi connectivity index (χ0) is 25.1. The number of fused-ring (bicyclic) bond motifs is 2. The van der Waals surface area contributed by atoms with Gasteiger partial charge in [0.2, 0.25) is 5.88 Å². The fourth-order valence-corrected chi connectivity index (χ4v) is 4.68. The van der Waals surface area contributed by atoms with Crippen molar-refractivity contribution in [2.24, 2.45) is 4.99 Å². The normalized spacial score (nSPS) is 18.2. The Hall–Kier alpha value is -3.56. The highest BCUT2D eigenvalue weighted by molar-refractivity contribution is 5.98. The van der Waals surface area contributed by atoms with E-state index < -0.39 is 0 Å². The number of aliphatic imine (C=N–C) groups is 1. The molecule has 0 N–H and O–H groups in total. The van der Waals surface area contributed by atoms with Crippen LogP contribution in [0.5, 0.6) is 17.4 Å². The van der Waals surface area contributed by atoms with Crippen LogP contribution in [0.4, 0.5) is 0 Å². The number of Topliss-reactive ketones (excluding diaryl/α,β-unsaturated/α-hetero) is 1. The first-order chi connectivity index (χ1) is 17.5. The third-order valence-electron chi connectivity index (χ3n) is 6.49. The van der Waals surface area contributed by atoms with Crippen molar-refractivity contribution >= 4 is 22.4 Å². The van der Waals surface area contributed by atoms with Crippen LogP contribution in [0.15, 0.2) is 58.7 Å². The first kappa shape index (κ1) is 24.1. The molecule has 0 atom stereocenters. The average Bonchev–Trinajstić information content (AvgIpc) is 3.24. The second-order valence-corrected chi connectivity index (χ2v) is 9.25. The Morgan fingerprint density at radius 3 is 2.64 bits per heavy atom. The maximum absolute atomic E-state index is 11.3. The first-order valence-corrected chi connectivity index (χ1v) is 12.2. The highest BCUT2D eigenvalue weighted by Gasteiger charge is 2.21. The van der Waals surface area contributed by atoms with Crippen molar-refractivity contribution < 1.29 is 19.0 Å². The number of piperazine rings is 1. The smallest absolute Gasteiger partial charge is 0.229 e. The van der Waals surface area contributed by atoms with Crippen LogP contribution in [0.2, 0.25) is 0 Å². The quantitative estimate of drug-likeness (QED) is 0.531. The van der Waals surface area contributed by atoms with Crippen molar-refractivity contribution in [2.45, 2.75) is 20.3 Å². The highest BCUT2D eigenvalue weighted by atomic mass is 16.5. The number of ether oxygens (including phenoxy) is 3. The van der Waals surface area contributed by atoms with E-state index in [1.54, 1.807) is 14.0 Å². The van der Waals surface area contributed by atoms with Gasteiger partial charge in [-0.25, -0.2) is 9.97 Å². The van der Waals surface area contributed by atoms with Crippen LogP contribution in [-0.4, -0.2) is 84.2 Å². The maximum atomic E-state index is 11.3. The predicted molar refractivity (Wildman–Crippen MR) is 138 cm³/mol. The minimum absolute atomic E-state index is 0.213. The minimum atomic E-state index is 0.213. The topological polar surface area (TPSA) is 89.4 Å². The van der Waals surface area contributed by atoms with E-state index in [1.165, 1.54) is 6.33 Å². The SMILES string of the molecule is COc1cc2c(OC3=CC=C4N=C(C)C=C4C3)ncnc2cc1OCCN1CCN(CC(C)=O)CC1. The van der Waals surface area contributed by atoms with Gasteiger partial charge in [-0.15, -0.1) is 0 Å². The highest BCUT2D eigenvalue weighted by Crippen LogP contribution is 2.36. The van der Waals surface area contributed by atoms with Gasteiger partial charge in [-0.1, -0.05) is 0 Å². The molecular formula is C27H31N5O4. The van der Waals surface area contributed by atoms with Crippen molar-refractivity contribution in [1.82, 2.24) is 19.8 Å². The molecule has 0 unspecified atom stereocenters. The van der Waals surface area contributed by atoms with Gasteiger partial charge in [0, 0.05) is 50.9 Å². The number of allylic oxidation sites excluding steroid dienone is 5. The lowest BCUT2D eigenvalue weighted by Crippen LogP contribution is -2.48. The number of hydrogen-bond acceptors (Lipinski definition) is 9. The summed E-state index contributed by atoms with van der Waals surface area (Å²) in [5, 5.41) is 0.756. The summed E-state index contributed by atoms with van der Waals surface area (Å²) in [6.45, 7) is 9.15. The molecular weight excluding hydrogens is 458 g/mol. The van der Waals surface area contributed by atoms with Gasteiger partial charge in [0.05, 0.1) is 30.3 Å². The van der Waals surface area contributed by atoms with Gasteiger partial charge in [0.25, 0.3) is 0 Å². The summed E-state index contributed by atoms with van der Waals surface area (Å²) in [5.41, 5.74) is 3.87. The van der Waals surface area contributed by atoms with E-state index in [4.69, 9.17) is 14.2 Å². The van der Waals surface area contributed by atoms with Crippen LogP contribution in [0, 0.1) is 0 Å².